The second kappa shape index (κ2) is 7.25. The summed E-state index contributed by atoms with van der Waals surface area (Å²) in [5, 5.41) is 3.45. The number of hydrogen-bond donors (Lipinski definition) is 1. The highest BCUT2D eigenvalue weighted by molar-refractivity contribution is 4.71. The molecule has 1 atom stereocenters. The Morgan fingerprint density at radius 1 is 1.19 bits per heavy atom. The monoisotopic (exact) mass is 227 g/mol. The molecule has 1 aliphatic rings. The van der Waals surface area contributed by atoms with Gasteiger partial charge in [0.2, 0.25) is 0 Å². The number of rotatable bonds is 5. The van der Waals surface area contributed by atoms with E-state index in [4.69, 9.17) is 0 Å². The first-order chi connectivity index (χ1) is 7.61. The zero-order chi connectivity index (χ0) is 12.0. The Morgan fingerprint density at radius 2 is 1.94 bits per heavy atom. The van der Waals surface area contributed by atoms with Gasteiger partial charge in [0.15, 0.2) is 0 Å². The molecular weight excluding hydrogens is 198 g/mol. The molecule has 1 fully saturated rings. The predicted molar refractivity (Wildman–Crippen MR) is 70.9 cm³/mol. The quantitative estimate of drug-likeness (QED) is 0.763. The van der Waals surface area contributed by atoms with Crippen molar-refractivity contribution in [3.8, 4) is 0 Å². The van der Waals surface area contributed by atoms with Crippen LogP contribution < -0.4 is 5.32 Å². The van der Waals surface area contributed by atoms with Gasteiger partial charge in [-0.25, -0.2) is 0 Å². The standard InChI is InChI=1S/C13H29N3/c1-12(2)13(3)15(4)10-11-16-8-5-6-14-7-9-16/h12-14H,5-11H2,1-4H3. The van der Waals surface area contributed by atoms with Crippen molar-refractivity contribution in [1.29, 1.82) is 0 Å². The van der Waals surface area contributed by atoms with Gasteiger partial charge in [-0.05, 0) is 39.4 Å². The molecule has 0 aromatic carbocycles. The van der Waals surface area contributed by atoms with Crippen LogP contribution >= 0.6 is 0 Å². The molecule has 1 aliphatic heterocycles. The van der Waals surface area contributed by atoms with Crippen molar-refractivity contribution in [3.05, 3.63) is 0 Å². The molecule has 16 heavy (non-hydrogen) atoms. The lowest BCUT2D eigenvalue weighted by Crippen LogP contribution is -2.40. The van der Waals surface area contributed by atoms with Crippen molar-refractivity contribution in [2.45, 2.75) is 33.2 Å². The molecule has 1 unspecified atom stereocenters. The smallest absolute Gasteiger partial charge is 0.0110 e. The van der Waals surface area contributed by atoms with E-state index in [-0.39, 0.29) is 0 Å². The first-order valence-electron chi connectivity index (χ1n) is 6.74. The third-order valence-electron chi connectivity index (χ3n) is 3.86. The van der Waals surface area contributed by atoms with Gasteiger partial charge >= 0.3 is 0 Å². The fourth-order valence-corrected chi connectivity index (χ4v) is 2.14. The summed E-state index contributed by atoms with van der Waals surface area (Å²) in [4.78, 5) is 5.08. The minimum atomic E-state index is 0.685. The van der Waals surface area contributed by atoms with E-state index < -0.39 is 0 Å². The molecule has 0 aliphatic carbocycles. The lowest BCUT2D eigenvalue weighted by molar-refractivity contribution is 0.173. The molecule has 1 rings (SSSR count). The molecule has 0 spiro atoms. The average Bonchev–Trinajstić information content (AvgIpc) is 2.53. The van der Waals surface area contributed by atoms with Gasteiger partial charge in [-0.15, -0.1) is 0 Å². The van der Waals surface area contributed by atoms with Crippen LogP contribution in [0.4, 0.5) is 0 Å². The summed E-state index contributed by atoms with van der Waals surface area (Å²) in [6.07, 6.45) is 1.30. The van der Waals surface area contributed by atoms with Gasteiger partial charge in [0.05, 0.1) is 0 Å². The Labute approximate surface area is 101 Å². The largest absolute Gasteiger partial charge is 0.315 e. The Bertz CT molecular complexity index is 172. The molecule has 0 saturated carbocycles. The number of nitrogens with zero attached hydrogens (tertiary/aromatic N) is 2. The highest BCUT2D eigenvalue weighted by Gasteiger charge is 2.14. The second-order valence-electron chi connectivity index (χ2n) is 5.41. The second-order valence-corrected chi connectivity index (χ2v) is 5.41. The van der Waals surface area contributed by atoms with Crippen LogP contribution in [-0.4, -0.2) is 62.2 Å². The SMILES string of the molecule is CC(C)C(C)N(C)CCN1CCCNCC1. The van der Waals surface area contributed by atoms with Crippen LogP contribution in [0, 0.1) is 5.92 Å². The minimum absolute atomic E-state index is 0.685. The van der Waals surface area contributed by atoms with Crippen LogP contribution in [0.25, 0.3) is 0 Å². The van der Waals surface area contributed by atoms with E-state index in [2.05, 4.69) is 42.9 Å². The summed E-state index contributed by atoms with van der Waals surface area (Å²) in [5.41, 5.74) is 0. The van der Waals surface area contributed by atoms with Gasteiger partial charge in [-0.1, -0.05) is 13.8 Å². The van der Waals surface area contributed by atoms with E-state index in [1.165, 1.54) is 39.1 Å². The van der Waals surface area contributed by atoms with Crippen molar-refractivity contribution >= 4 is 0 Å². The summed E-state index contributed by atoms with van der Waals surface area (Å²) >= 11 is 0. The van der Waals surface area contributed by atoms with Gasteiger partial charge in [0, 0.05) is 32.2 Å². The van der Waals surface area contributed by atoms with Gasteiger partial charge in [0.1, 0.15) is 0 Å². The Hall–Kier alpha value is -0.120. The Kier molecular flexibility index (Phi) is 6.32. The molecule has 0 aromatic rings. The maximum atomic E-state index is 3.45. The summed E-state index contributed by atoms with van der Waals surface area (Å²) in [6, 6.07) is 0.685. The molecular formula is C13H29N3. The minimum Gasteiger partial charge on any atom is -0.315 e. The lowest BCUT2D eigenvalue weighted by atomic mass is 10.1. The van der Waals surface area contributed by atoms with Crippen molar-refractivity contribution in [1.82, 2.24) is 15.1 Å². The molecule has 0 radical (unpaired) electrons. The summed E-state index contributed by atoms with van der Waals surface area (Å²) < 4.78 is 0. The molecule has 1 heterocycles. The third-order valence-corrected chi connectivity index (χ3v) is 3.86. The maximum absolute atomic E-state index is 3.45. The highest BCUT2D eigenvalue weighted by Crippen LogP contribution is 2.07. The van der Waals surface area contributed by atoms with Crippen LogP contribution in [0.5, 0.6) is 0 Å². The van der Waals surface area contributed by atoms with E-state index >= 15 is 0 Å². The van der Waals surface area contributed by atoms with E-state index in [1.807, 2.05) is 0 Å². The number of likely N-dealkylation sites (N-methyl/N-ethyl adjacent to an activating group) is 1. The van der Waals surface area contributed by atoms with Crippen LogP contribution in [0.15, 0.2) is 0 Å². The van der Waals surface area contributed by atoms with E-state index in [0.29, 0.717) is 6.04 Å². The average molecular weight is 227 g/mol. The van der Waals surface area contributed by atoms with E-state index in [9.17, 15) is 0 Å². The van der Waals surface area contributed by atoms with Gasteiger partial charge in [-0.3, -0.25) is 0 Å². The van der Waals surface area contributed by atoms with E-state index in [1.54, 1.807) is 0 Å². The van der Waals surface area contributed by atoms with Crippen LogP contribution in [0.3, 0.4) is 0 Å². The predicted octanol–water partition coefficient (Wildman–Crippen LogP) is 1.26. The van der Waals surface area contributed by atoms with Crippen LogP contribution in [0.1, 0.15) is 27.2 Å². The molecule has 0 bridgehead atoms. The molecule has 1 saturated heterocycles. The molecule has 96 valence electrons. The summed E-state index contributed by atoms with van der Waals surface area (Å²) in [6.45, 7) is 14.2. The fourth-order valence-electron chi connectivity index (χ4n) is 2.14. The zero-order valence-electron chi connectivity index (χ0n) is 11.5. The van der Waals surface area contributed by atoms with E-state index in [0.717, 1.165) is 12.5 Å². The van der Waals surface area contributed by atoms with Crippen molar-refractivity contribution in [3.63, 3.8) is 0 Å². The van der Waals surface area contributed by atoms with Gasteiger partial charge < -0.3 is 15.1 Å². The topological polar surface area (TPSA) is 18.5 Å². The zero-order valence-corrected chi connectivity index (χ0v) is 11.5. The first-order valence-corrected chi connectivity index (χ1v) is 6.74. The fraction of sp³-hybridized carbons (Fsp3) is 1.00. The van der Waals surface area contributed by atoms with Gasteiger partial charge in [-0.2, -0.15) is 0 Å². The Morgan fingerprint density at radius 3 is 2.62 bits per heavy atom. The lowest BCUT2D eigenvalue weighted by Gasteiger charge is -2.30. The van der Waals surface area contributed by atoms with Crippen molar-refractivity contribution < 1.29 is 0 Å². The molecule has 0 amide bonds. The van der Waals surface area contributed by atoms with Crippen molar-refractivity contribution in [2.24, 2.45) is 5.92 Å². The maximum Gasteiger partial charge on any atom is 0.0110 e. The normalized spacial score (nSPS) is 21.4. The molecule has 3 heteroatoms. The Balaban J connectivity index is 2.21. The highest BCUT2D eigenvalue weighted by atomic mass is 15.2. The molecule has 0 aromatic heterocycles. The number of hydrogen-bond acceptors (Lipinski definition) is 3. The summed E-state index contributed by atoms with van der Waals surface area (Å²) in [5.74, 6) is 0.746. The molecule has 3 nitrogen and oxygen atoms in total. The van der Waals surface area contributed by atoms with Crippen LogP contribution in [0.2, 0.25) is 0 Å². The third kappa shape index (κ3) is 4.81. The van der Waals surface area contributed by atoms with Crippen molar-refractivity contribution in [2.75, 3.05) is 46.3 Å². The summed E-state index contributed by atoms with van der Waals surface area (Å²) in [7, 11) is 2.25. The number of nitrogens with one attached hydrogen (secondary N) is 1. The van der Waals surface area contributed by atoms with Gasteiger partial charge in [0.25, 0.3) is 0 Å². The van der Waals surface area contributed by atoms with Crippen LogP contribution in [-0.2, 0) is 0 Å². The first kappa shape index (κ1) is 13.9. The molecule has 1 N–H and O–H groups in total.